The number of imidazole rings is 1. The van der Waals surface area contributed by atoms with Gasteiger partial charge in [-0.3, -0.25) is 4.68 Å². The first-order valence-electron chi connectivity index (χ1n) is 8.04. The van der Waals surface area contributed by atoms with Crippen molar-refractivity contribution in [2.24, 2.45) is 5.41 Å². The maximum Gasteiger partial charge on any atom is 0.341 e. The van der Waals surface area contributed by atoms with E-state index in [1.54, 1.807) is 10.9 Å². The molecule has 1 atom stereocenters. The predicted molar refractivity (Wildman–Crippen MR) is 89.0 cm³/mol. The lowest BCUT2D eigenvalue weighted by molar-refractivity contribution is 0.0600. The maximum atomic E-state index is 11.5. The van der Waals surface area contributed by atoms with E-state index in [0.29, 0.717) is 23.4 Å². The number of pyridine rings is 1. The van der Waals surface area contributed by atoms with Crippen LogP contribution in [0.5, 0.6) is 0 Å². The Bertz CT molecular complexity index is 922. The summed E-state index contributed by atoms with van der Waals surface area (Å²) >= 11 is 0. The van der Waals surface area contributed by atoms with Gasteiger partial charge in [0.15, 0.2) is 0 Å². The number of aromatic nitrogens is 4. The second-order valence-electron chi connectivity index (χ2n) is 7.12. The van der Waals surface area contributed by atoms with E-state index in [9.17, 15) is 4.79 Å². The molecule has 0 bridgehead atoms. The van der Waals surface area contributed by atoms with Crippen molar-refractivity contribution in [2.45, 2.75) is 32.7 Å². The van der Waals surface area contributed by atoms with E-state index >= 15 is 0 Å². The van der Waals surface area contributed by atoms with E-state index in [-0.39, 0.29) is 5.97 Å². The van der Waals surface area contributed by atoms with Crippen LogP contribution in [0.4, 0.5) is 0 Å². The molecule has 124 valence electrons. The molecule has 6 nitrogen and oxygen atoms in total. The predicted octanol–water partition coefficient (Wildman–Crippen LogP) is 2.88. The molecular weight excluding hydrogens is 304 g/mol. The molecule has 24 heavy (non-hydrogen) atoms. The first-order valence-corrected chi connectivity index (χ1v) is 8.04. The molecule has 0 aromatic carbocycles. The van der Waals surface area contributed by atoms with E-state index in [4.69, 9.17) is 4.74 Å². The van der Waals surface area contributed by atoms with Crippen LogP contribution < -0.4 is 0 Å². The molecule has 4 rings (SSSR count). The Hall–Kier alpha value is -2.63. The summed E-state index contributed by atoms with van der Waals surface area (Å²) in [4.78, 5) is 16.2. The van der Waals surface area contributed by atoms with Gasteiger partial charge in [-0.15, -0.1) is 0 Å². The summed E-state index contributed by atoms with van der Waals surface area (Å²) < 4.78 is 8.41. The molecule has 1 fully saturated rings. The van der Waals surface area contributed by atoms with E-state index in [0.717, 1.165) is 11.3 Å². The van der Waals surface area contributed by atoms with Crippen LogP contribution in [0.25, 0.3) is 5.65 Å². The lowest BCUT2D eigenvalue weighted by atomic mass is 10.0. The fraction of sp³-hybridized carbons (Fsp3) is 0.389. The third-order valence-electron chi connectivity index (χ3n) is 4.83. The quantitative estimate of drug-likeness (QED) is 0.692. The number of ether oxygens (including phenoxy) is 1. The minimum atomic E-state index is -0.382. The largest absolute Gasteiger partial charge is 0.465 e. The first kappa shape index (κ1) is 14.9. The van der Waals surface area contributed by atoms with E-state index in [1.165, 1.54) is 25.3 Å². The Kier molecular flexibility index (Phi) is 3.23. The number of rotatable bonds is 4. The number of hydrogen-bond donors (Lipinski definition) is 0. The summed E-state index contributed by atoms with van der Waals surface area (Å²) in [5.74, 6) is 0.254. The van der Waals surface area contributed by atoms with Gasteiger partial charge in [-0.25, -0.2) is 9.78 Å². The molecule has 1 aliphatic carbocycles. The summed E-state index contributed by atoms with van der Waals surface area (Å²) in [6.07, 6.45) is 8.48. The first-order chi connectivity index (χ1) is 11.5. The standard InChI is InChI=1S/C18H20N4O2/c1-18(2)7-15(18)12-4-5-21-10-14(20-16(21)6-12)11-22-9-13(8-19-22)17(23)24-3/h4-6,8-10,15H,7,11H2,1-3H3. The van der Waals surface area contributed by atoms with Crippen LogP contribution in [0.15, 0.2) is 36.9 Å². The summed E-state index contributed by atoms with van der Waals surface area (Å²) in [7, 11) is 1.36. The normalized spacial score (nSPS) is 18.7. The van der Waals surface area contributed by atoms with Crippen molar-refractivity contribution in [3.8, 4) is 0 Å². The molecule has 0 saturated heterocycles. The minimum absolute atomic E-state index is 0.382. The van der Waals surface area contributed by atoms with Gasteiger partial charge in [0.05, 0.1) is 31.1 Å². The summed E-state index contributed by atoms with van der Waals surface area (Å²) in [6, 6.07) is 4.35. The summed E-state index contributed by atoms with van der Waals surface area (Å²) in [5.41, 5.74) is 4.07. The minimum Gasteiger partial charge on any atom is -0.465 e. The van der Waals surface area contributed by atoms with Gasteiger partial charge in [-0.1, -0.05) is 13.8 Å². The number of hydrogen-bond acceptors (Lipinski definition) is 4. The molecule has 3 aromatic heterocycles. The van der Waals surface area contributed by atoms with Crippen LogP contribution in [0.2, 0.25) is 0 Å². The number of nitrogens with zero attached hydrogens (tertiary/aromatic N) is 4. The third-order valence-corrected chi connectivity index (χ3v) is 4.83. The second kappa shape index (κ2) is 5.19. The molecule has 6 heteroatoms. The van der Waals surface area contributed by atoms with E-state index < -0.39 is 0 Å². The molecule has 0 radical (unpaired) electrons. The van der Waals surface area contributed by atoms with Crippen LogP contribution in [0.1, 0.15) is 47.8 Å². The Morgan fingerprint density at radius 2 is 2.21 bits per heavy atom. The van der Waals surface area contributed by atoms with Gasteiger partial charge in [0.2, 0.25) is 0 Å². The van der Waals surface area contributed by atoms with Gasteiger partial charge in [-0.05, 0) is 35.4 Å². The van der Waals surface area contributed by atoms with E-state index in [1.807, 2.05) is 10.6 Å². The molecule has 0 spiro atoms. The monoisotopic (exact) mass is 324 g/mol. The Morgan fingerprint density at radius 3 is 2.92 bits per heavy atom. The zero-order chi connectivity index (χ0) is 16.9. The number of fused-ring (bicyclic) bond motifs is 1. The van der Waals surface area contributed by atoms with Crippen LogP contribution in [-0.2, 0) is 11.3 Å². The van der Waals surface area contributed by atoms with Gasteiger partial charge in [0, 0.05) is 18.6 Å². The molecule has 3 aromatic rings. The van der Waals surface area contributed by atoms with Gasteiger partial charge in [-0.2, -0.15) is 5.10 Å². The van der Waals surface area contributed by atoms with Crippen LogP contribution in [0, 0.1) is 5.41 Å². The molecule has 1 saturated carbocycles. The molecule has 0 amide bonds. The molecular formula is C18H20N4O2. The molecule has 1 aliphatic rings. The highest BCUT2D eigenvalue weighted by atomic mass is 16.5. The highest BCUT2D eigenvalue weighted by Crippen LogP contribution is 2.58. The van der Waals surface area contributed by atoms with Gasteiger partial charge < -0.3 is 9.14 Å². The highest BCUT2D eigenvalue weighted by molar-refractivity contribution is 5.88. The Labute approximate surface area is 140 Å². The summed E-state index contributed by atoms with van der Waals surface area (Å²) in [6.45, 7) is 5.12. The average molecular weight is 324 g/mol. The second-order valence-corrected chi connectivity index (χ2v) is 7.12. The zero-order valence-electron chi connectivity index (χ0n) is 14.1. The van der Waals surface area contributed by atoms with E-state index in [2.05, 4.69) is 42.3 Å². The van der Waals surface area contributed by atoms with Crippen molar-refractivity contribution in [2.75, 3.05) is 7.11 Å². The maximum absolute atomic E-state index is 11.5. The molecule has 0 aliphatic heterocycles. The van der Waals surface area contributed by atoms with Crippen LogP contribution in [0.3, 0.4) is 0 Å². The Balaban J connectivity index is 1.57. The van der Waals surface area contributed by atoms with Crippen molar-refractivity contribution in [3.05, 3.63) is 53.7 Å². The van der Waals surface area contributed by atoms with Gasteiger partial charge in [0.1, 0.15) is 5.65 Å². The fourth-order valence-electron chi connectivity index (χ4n) is 3.22. The van der Waals surface area contributed by atoms with Crippen molar-refractivity contribution < 1.29 is 9.53 Å². The van der Waals surface area contributed by atoms with Crippen molar-refractivity contribution >= 4 is 11.6 Å². The highest BCUT2D eigenvalue weighted by Gasteiger charge is 2.46. The number of carbonyl (C=O) groups is 1. The SMILES string of the molecule is COC(=O)c1cnn(Cc2cn3ccc(C4CC4(C)C)cc3n2)c1. The average Bonchev–Trinajstić information content (AvgIpc) is 2.94. The smallest absolute Gasteiger partial charge is 0.341 e. The van der Waals surface area contributed by atoms with Crippen molar-refractivity contribution in [3.63, 3.8) is 0 Å². The third kappa shape index (κ3) is 2.58. The number of esters is 1. The fourth-order valence-corrected chi connectivity index (χ4v) is 3.22. The molecule has 0 N–H and O–H groups in total. The summed E-state index contributed by atoms with van der Waals surface area (Å²) in [5, 5.41) is 4.19. The van der Waals surface area contributed by atoms with Gasteiger partial charge in [0.25, 0.3) is 0 Å². The number of methoxy groups -OCH3 is 1. The van der Waals surface area contributed by atoms with Crippen molar-refractivity contribution in [1.29, 1.82) is 0 Å². The zero-order valence-corrected chi connectivity index (χ0v) is 14.1. The molecule has 3 heterocycles. The Morgan fingerprint density at radius 1 is 1.42 bits per heavy atom. The lowest BCUT2D eigenvalue weighted by Gasteiger charge is -2.03. The van der Waals surface area contributed by atoms with Crippen LogP contribution >= 0.6 is 0 Å². The lowest BCUT2D eigenvalue weighted by Crippen LogP contribution is -2.01. The number of carbonyl (C=O) groups excluding carboxylic acids is 1. The van der Waals surface area contributed by atoms with Crippen LogP contribution in [-0.4, -0.2) is 32.2 Å². The topological polar surface area (TPSA) is 61.4 Å². The van der Waals surface area contributed by atoms with Gasteiger partial charge >= 0.3 is 5.97 Å². The van der Waals surface area contributed by atoms with Crippen molar-refractivity contribution in [1.82, 2.24) is 19.2 Å². The molecule has 1 unspecified atom stereocenters.